The number of carbonyl (C=O) groups is 1. The van der Waals surface area contributed by atoms with Crippen molar-refractivity contribution in [3.8, 4) is 11.3 Å². The number of amides is 1. The van der Waals surface area contributed by atoms with Crippen LogP contribution in [0.3, 0.4) is 0 Å². The van der Waals surface area contributed by atoms with Crippen molar-refractivity contribution in [1.82, 2.24) is 4.98 Å². The molecule has 2 N–H and O–H groups in total. The van der Waals surface area contributed by atoms with Gasteiger partial charge in [0.1, 0.15) is 10.7 Å². The Morgan fingerprint density at radius 1 is 1.08 bits per heavy atom. The highest BCUT2D eigenvalue weighted by molar-refractivity contribution is 7.20. The zero-order chi connectivity index (χ0) is 18.4. The average molecular weight is 364 g/mol. The van der Waals surface area contributed by atoms with Crippen molar-refractivity contribution in [2.75, 3.05) is 10.7 Å². The maximum absolute atomic E-state index is 12.1. The first kappa shape index (κ1) is 17.8. The fraction of sp³-hybridized carbons (Fsp3) is 0.150. The van der Waals surface area contributed by atoms with E-state index in [0.717, 1.165) is 16.8 Å². The largest absolute Gasteiger partial charge is 0.316 e. The normalized spacial score (nSPS) is 11.0. The molecule has 0 aliphatic rings. The summed E-state index contributed by atoms with van der Waals surface area (Å²) < 4.78 is 0. The molecule has 1 heterocycles. The molecule has 0 unspecified atom stereocenters. The standard InChI is InChI=1S/C20H20N4OS/c1-14(2)18(25)23-19-17(16-11-7-4-8-12-16)22-20(26-19)24-21-13-15-9-5-3-6-10-15/h3-14H,1-2H3,(H,22,24)(H,23,25). The van der Waals surface area contributed by atoms with Crippen LogP contribution in [-0.2, 0) is 4.79 Å². The first-order valence-electron chi connectivity index (χ1n) is 8.34. The highest BCUT2D eigenvalue weighted by Crippen LogP contribution is 2.36. The van der Waals surface area contributed by atoms with Crippen LogP contribution in [0, 0.1) is 5.92 Å². The molecule has 0 saturated carbocycles. The number of nitrogens with one attached hydrogen (secondary N) is 2. The van der Waals surface area contributed by atoms with E-state index < -0.39 is 0 Å². The topological polar surface area (TPSA) is 66.4 Å². The number of carbonyl (C=O) groups excluding carboxylic acids is 1. The van der Waals surface area contributed by atoms with Crippen LogP contribution in [0.4, 0.5) is 10.1 Å². The lowest BCUT2D eigenvalue weighted by Gasteiger charge is -2.07. The molecule has 0 saturated heterocycles. The number of nitrogens with zero attached hydrogens (tertiary/aromatic N) is 2. The Bertz CT molecular complexity index is 889. The molecule has 0 spiro atoms. The summed E-state index contributed by atoms with van der Waals surface area (Å²) in [5.41, 5.74) is 5.63. The summed E-state index contributed by atoms with van der Waals surface area (Å²) in [4.78, 5) is 16.7. The van der Waals surface area contributed by atoms with E-state index in [-0.39, 0.29) is 11.8 Å². The van der Waals surface area contributed by atoms with Crippen LogP contribution in [0.5, 0.6) is 0 Å². The lowest BCUT2D eigenvalue weighted by Crippen LogP contribution is -2.17. The molecular formula is C20H20N4OS. The van der Waals surface area contributed by atoms with Crippen molar-refractivity contribution in [2.24, 2.45) is 11.0 Å². The molecule has 6 heteroatoms. The minimum atomic E-state index is -0.103. The third-order valence-electron chi connectivity index (χ3n) is 3.61. The molecule has 3 aromatic rings. The average Bonchev–Trinajstić information content (AvgIpc) is 3.06. The minimum Gasteiger partial charge on any atom is -0.316 e. The second-order valence-corrected chi connectivity index (χ2v) is 6.99. The Balaban J connectivity index is 1.83. The van der Waals surface area contributed by atoms with Crippen LogP contribution in [0.15, 0.2) is 65.8 Å². The summed E-state index contributed by atoms with van der Waals surface area (Å²) >= 11 is 1.37. The first-order chi connectivity index (χ1) is 12.6. The molecule has 0 aliphatic heterocycles. The van der Waals surface area contributed by atoms with E-state index in [2.05, 4.69) is 20.8 Å². The fourth-order valence-corrected chi connectivity index (χ4v) is 3.04. The van der Waals surface area contributed by atoms with Gasteiger partial charge in [-0.3, -0.25) is 10.2 Å². The quantitative estimate of drug-likeness (QED) is 0.485. The monoisotopic (exact) mass is 364 g/mol. The van der Waals surface area contributed by atoms with Gasteiger partial charge < -0.3 is 5.32 Å². The molecule has 132 valence electrons. The van der Waals surface area contributed by atoms with E-state index in [1.165, 1.54) is 11.3 Å². The first-order valence-corrected chi connectivity index (χ1v) is 9.16. The van der Waals surface area contributed by atoms with Gasteiger partial charge in [0.05, 0.1) is 6.21 Å². The summed E-state index contributed by atoms with van der Waals surface area (Å²) in [5.74, 6) is -0.140. The number of hydrogen-bond donors (Lipinski definition) is 2. The maximum atomic E-state index is 12.1. The number of thiazole rings is 1. The van der Waals surface area contributed by atoms with E-state index in [1.807, 2.05) is 74.5 Å². The van der Waals surface area contributed by atoms with Gasteiger partial charge in [-0.2, -0.15) is 5.10 Å². The Kier molecular flexibility index (Phi) is 5.76. The van der Waals surface area contributed by atoms with Gasteiger partial charge in [-0.1, -0.05) is 85.8 Å². The number of anilines is 2. The molecule has 0 bridgehead atoms. The van der Waals surface area contributed by atoms with Crippen LogP contribution in [0.1, 0.15) is 19.4 Å². The van der Waals surface area contributed by atoms with Crippen LogP contribution in [0.2, 0.25) is 0 Å². The predicted octanol–water partition coefficient (Wildman–Crippen LogP) is 4.85. The number of rotatable bonds is 6. The van der Waals surface area contributed by atoms with Crippen LogP contribution >= 0.6 is 11.3 Å². The third-order valence-corrected chi connectivity index (χ3v) is 4.48. The smallest absolute Gasteiger partial charge is 0.227 e. The zero-order valence-electron chi connectivity index (χ0n) is 14.6. The van der Waals surface area contributed by atoms with E-state index in [4.69, 9.17) is 0 Å². The van der Waals surface area contributed by atoms with E-state index in [0.29, 0.717) is 10.1 Å². The van der Waals surface area contributed by atoms with Gasteiger partial charge >= 0.3 is 0 Å². The van der Waals surface area contributed by atoms with Gasteiger partial charge in [-0.15, -0.1) is 0 Å². The number of hydrazone groups is 1. The van der Waals surface area contributed by atoms with Gasteiger partial charge in [0.15, 0.2) is 0 Å². The molecule has 1 amide bonds. The second-order valence-electron chi connectivity index (χ2n) is 5.99. The highest BCUT2D eigenvalue weighted by atomic mass is 32.1. The van der Waals surface area contributed by atoms with Crippen molar-refractivity contribution in [3.63, 3.8) is 0 Å². The molecule has 0 radical (unpaired) electrons. The lowest BCUT2D eigenvalue weighted by molar-refractivity contribution is -0.118. The fourth-order valence-electron chi connectivity index (χ4n) is 2.20. The van der Waals surface area contributed by atoms with Gasteiger partial charge in [0.2, 0.25) is 11.0 Å². The number of aromatic nitrogens is 1. The molecule has 0 fully saturated rings. The Morgan fingerprint density at radius 2 is 1.73 bits per heavy atom. The van der Waals surface area contributed by atoms with Crippen LogP contribution < -0.4 is 10.7 Å². The van der Waals surface area contributed by atoms with Gasteiger partial charge in [-0.05, 0) is 5.56 Å². The van der Waals surface area contributed by atoms with E-state index >= 15 is 0 Å². The van der Waals surface area contributed by atoms with Crippen molar-refractivity contribution >= 4 is 33.6 Å². The Morgan fingerprint density at radius 3 is 2.38 bits per heavy atom. The molecule has 0 atom stereocenters. The van der Waals surface area contributed by atoms with Gasteiger partial charge in [0, 0.05) is 11.5 Å². The maximum Gasteiger partial charge on any atom is 0.227 e. The van der Waals surface area contributed by atoms with E-state index in [1.54, 1.807) is 6.21 Å². The molecule has 1 aromatic heterocycles. The molecular weight excluding hydrogens is 344 g/mol. The Labute approximate surface area is 156 Å². The second kappa shape index (κ2) is 8.40. The minimum absolute atomic E-state index is 0.0369. The summed E-state index contributed by atoms with van der Waals surface area (Å²) in [5, 5.41) is 8.53. The summed E-state index contributed by atoms with van der Waals surface area (Å²) in [6.07, 6.45) is 1.73. The summed E-state index contributed by atoms with van der Waals surface area (Å²) in [6, 6.07) is 19.6. The number of hydrogen-bond acceptors (Lipinski definition) is 5. The van der Waals surface area contributed by atoms with Gasteiger partial charge in [-0.25, -0.2) is 4.98 Å². The molecule has 2 aromatic carbocycles. The van der Waals surface area contributed by atoms with Gasteiger partial charge in [0.25, 0.3) is 0 Å². The molecule has 5 nitrogen and oxygen atoms in total. The summed E-state index contributed by atoms with van der Waals surface area (Å²) in [7, 11) is 0. The predicted molar refractivity (Wildman–Crippen MR) is 109 cm³/mol. The lowest BCUT2D eigenvalue weighted by atomic mass is 10.1. The van der Waals surface area contributed by atoms with Crippen LogP contribution in [-0.4, -0.2) is 17.1 Å². The molecule has 26 heavy (non-hydrogen) atoms. The SMILES string of the molecule is CC(C)C(=O)Nc1sc(NN=Cc2ccccc2)nc1-c1ccccc1. The zero-order valence-corrected chi connectivity index (χ0v) is 15.5. The van der Waals surface area contributed by atoms with Crippen molar-refractivity contribution in [3.05, 3.63) is 66.2 Å². The van der Waals surface area contributed by atoms with E-state index in [9.17, 15) is 4.79 Å². The van der Waals surface area contributed by atoms with Crippen LogP contribution in [0.25, 0.3) is 11.3 Å². The highest BCUT2D eigenvalue weighted by Gasteiger charge is 2.16. The van der Waals surface area contributed by atoms with Crippen molar-refractivity contribution in [1.29, 1.82) is 0 Å². The molecule has 0 aliphatic carbocycles. The number of benzene rings is 2. The Hall–Kier alpha value is -2.99. The summed E-state index contributed by atoms with van der Waals surface area (Å²) in [6.45, 7) is 3.73. The third kappa shape index (κ3) is 4.55. The molecule has 3 rings (SSSR count). The van der Waals surface area contributed by atoms with Crippen molar-refractivity contribution in [2.45, 2.75) is 13.8 Å². The van der Waals surface area contributed by atoms with Crippen molar-refractivity contribution < 1.29 is 4.79 Å².